The standard InChI is InChI=1S/C13H19NOS/c1-4-14-9-11(2)10-16-13-8-6-5-7-12(13)15-3/h5-8,14H,2,4,9-10H2,1,3H3. The predicted molar refractivity (Wildman–Crippen MR) is 71.4 cm³/mol. The van der Waals surface area contributed by atoms with Gasteiger partial charge in [0.25, 0.3) is 0 Å². The minimum atomic E-state index is 0.888. The first-order chi connectivity index (χ1) is 7.77. The molecule has 0 radical (unpaired) electrons. The average molecular weight is 237 g/mol. The topological polar surface area (TPSA) is 21.3 Å². The predicted octanol–water partition coefficient (Wildman–Crippen LogP) is 2.95. The van der Waals surface area contributed by atoms with Crippen LogP contribution in [0.5, 0.6) is 5.75 Å². The second-order valence-electron chi connectivity index (χ2n) is 3.47. The van der Waals surface area contributed by atoms with Gasteiger partial charge in [-0.2, -0.15) is 0 Å². The van der Waals surface area contributed by atoms with E-state index in [2.05, 4.69) is 24.9 Å². The van der Waals surface area contributed by atoms with Crippen LogP contribution in [0.1, 0.15) is 6.92 Å². The number of methoxy groups -OCH3 is 1. The number of benzene rings is 1. The van der Waals surface area contributed by atoms with Crippen LogP contribution >= 0.6 is 11.8 Å². The zero-order valence-corrected chi connectivity index (χ0v) is 10.8. The van der Waals surface area contributed by atoms with E-state index in [0.29, 0.717) is 0 Å². The SMILES string of the molecule is C=C(CNCC)CSc1ccccc1OC. The molecule has 88 valence electrons. The zero-order chi connectivity index (χ0) is 11.8. The van der Waals surface area contributed by atoms with Crippen LogP contribution in [-0.2, 0) is 0 Å². The summed E-state index contributed by atoms with van der Waals surface area (Å²) in [5.41, 5.74) is 1.21. The maximum Gasteiger partial charge on any atom is 0.132 e. The van der Waals surface area contributed by atoms with Gasteiger partial charge in [-0.3, -0.25) is 0 Å². The van der Waals surface area contributed by atoms with Gasteiger partial charge in [0.2, 0.25) is 0 Å². The number of nitrogens with one attached hydrogen (secondary N) is 1. The number of hydrogen-bond acceptors (Lipinski definition) is 3. The lowest BCUT2D eigenvalue weighted by atomic mass is 10.3. The van der Waals surface area contributed by atoms with Gasteiger partial charge < -0.3 is 10.1 Å². The van der Waals surface area contributed by atoms with Crippen LogP contribution in [0.4, 0.5) is 0 Å². The normalized spacial score (nSPS) is 10.1. The number of rotatable bonds is 7. The quantitative estimate of drug-likeness (QED) is 0.582. The highest BCUT2D eigenvalue weighted by Crippen LogP contribution is 2.29. The van der Waals surface area contributed by atoms with Gasteiger partial charge in [-0.1, -0.05) is 31.2 Å². The molecular weight excluding hydrogens is 218 g/mol. The van der Waals surface area contributed by atoms with Gasteiger partial charge in [0.15, 0.2) is 0 Å². The van der Waals surface area contributed by atoms with Crippen molar-refractivity contribution in [2.24, 2.45) is 0 Å². The molecule has 0 spiro atoms. The molecule has 0 aliphatic heterocycles. The molecule has 0 aliphatic carbocycles. The molecular formula is C13H19NOS. The fourth-order valence-corrected chi connectivity index (χ4v) is 2.20. The third-order valence-electron chi connectivity index (χ3n) is 2.13. The summed E-state index contributed by atoms with van der Waals surface area (Å²) in [6, 6.07) is 8.06. The molecule has 2 nitrogen and oxygen atoms in total. The third kappa shape index (κ3) is 4.29. The smallest absolute Gasteiger partial charge is 0.132 e. The first-order valence-electron chi connectivity index (χ1n) is 5.41. The maximum absolute atomic E-state index is 5.29. The molecule has 0 unspecified atom stereocenters. The van der Waals surface area contributed by atoms with Crippen molar-refractivity contribution in [2.75, 3.05) is 26.0 Å². The molecule has 0 aliphatic rings. The van der Waals surface area contributed by atoms with Crippen LogP contribution in [-0.4, -0.2) is 26.0 Å². The molecule has 0 aromatic heterocycles. The Morgan fingerprint density at radius 1 is 1.44 bits per heavy atom. The van der Waals surface area contributed by atoms with E-state index >= 15 is 0 Å². The van der Waals surface area contributed by atoms with Crippen molar-refractivity contribution in [3.8, 4) is 5.75 Å². The molecule has 1 rings (SSSR count). The highest BCUT2D eigenvalue weighted by atomic mass is 32.2. The molecule has 16 heavy (non-hydrogen) atoms. The monoisotopic (exact) mass is 237 g/mol. The molecule has 1 aromatic carbocycles. The van der Waals surface area contributed by atoms with E-state index in [1.165, 1.54) is 10.5 Å². The zero-order valence-electron chi connectivity index (χ0n) is 9.95. The second-order valence-corrected chi connectivity index (χ2v) is 4.49. The Morgan fingerprint density at radius 3 is 2.88 bits per heavy atom. The van der Waals surface area contributed by atoms with Gasteiger partial charge in [-0.15, -0.1) is 11.8 Å². The fraction of sp³-hybridized carbons (Fsp3) is 0.385. The Labute approximate surface area is 102 Å². The van der Waals surface area contributed by atoms with Crippen molar-refractivity contribution in [3.05, 3.63) is 36.4 Å². The number of ether oxygens (including phenoxy) is 1. The van der Waals surface area contributed by atoms with Gasteiger partial charge in [0.1, 0.15) is 5.75 Å². The maximum atomic E-state index is 5.29. The van der Waals surface area contributed by atoms with Crippen LogP contribution < -0.4 is 10.1 Å². The largest absolute Gasteiger partial charge is 0.496 e. The first-order valence-corrected chi connectivity index (χ1v) is 6.39. The number of likely N-dealkylation sites (N-methyl/N-ethyl adjacent to an activating group) is 1. The lowest BCUT2D eigenvalue weighted by Gasteiger charge is -2.09. The lowest BCUT2D eigenvalue weighted by Crippen LogP contribution is -2.16. The van der Waals surface area contributed by atoms with E-state index in [4.69, 9.17) is 4.74 Å². The van der Waals surface area contributed by atoms with E-state index in [-0.39, 0.29) is 0 Å². The van der Waals surface area contributed by atoms with Crippen LogP contribution in [0.2, 0.25) is 0 Å². The molecule has 1 N–H and O–H groups in total. The summed E-state index contributed by atoms with van der Waals surface area (Å²) in [7, 11) is 1.70. The van der Waals surface area contributed by atoms with E-state index in [1.807, 2.05) is 18.2 Å². The molecule has 0 heterocycles. The van der Waals surface area contributed by atoms with Gasteiger partial charge in [-0.25, -0.2) is 0 Å². The van der Waals surface area contributed by atoms with Gasteiger partial charge in [-0.05, 0) is 18.7 Å². The lowest BCUT2D eigenvalue weighted by molar-refractivity contribution is 0.405. The van der Waals surface area contributed by atoms with Crippen molar-refractivity contribution in [2.45, 2.75) is 11.8 Å². The summed E-state index contributed by atoms with van der Waals surface area (Å²) in [6.07, 6.45) is 0. The molecule has 1 aromatic rings. The summed E-state index contributed by atoms with van der Waals surface area (Å²) in [5, 5.41) is 3.27. The van der Waals surface area contributed by atoms with Crippen molar-refractivity contribution < 1.29 is 4.74 Å². The fourth-order valence-electron chi connectivity index (χ4n) is 1.27. The summed E-state index contributed by atoms with van der Waals surface area (Å²) in [6.45, 7) is 8.01. The summed E-state index contributed by atoms with van der Waals surface area (Å²) in [4.78, 5) is 1.17. The summed E-state index contributed by atoms with van der Waals surface area (Å²) in [5.74, 6) is 1.86. The molecule has 0 bridgehead atoms. The number of thioether (sulfide) groups is 1. The van der Waals surface area contributed by atoms with E-state index in [9.17, 15) is 0 Å². The highest BCUT2D eigenvalue weighted by Gasteiger charge is 2.02. The van der Waals surface area contributed by atoms with Gasteiger partial charge in [0, 0.05) is 17.2 Å². The number of para-hydroxylation sites is 1. The number of hydrogen-bond donors (Lipinski definition) is 1. The minimum absolute atomic E-state index is 0.888. The minimum Gasteiger partial charge on any atom is -0.496 e. The molecule has 3 heteroatoms. The second kappa shape index (κ2) is 7.36. The Bertz CT molecular complexity index is 338. The van der Waals surface area contributed by atoms with Crippen LogP contribution in [0.15, 0.2) is 41.3 Å². The summed E-state index contributed by atoms with van der Waals surface area (Å²) >= 11 is 1.77. The van der Waals surface area contributed by atoms with Crippen molar-refractivity contribution in [1.82, 2.24) is 5.32 Å². The van der Waals surface area contributed by atoms with Crippen LogP contribution in [0.25, 0.3) is 0 Å². The highest BCUT2D eigenvalue weighted by molar-refractivity contribution is 7.99. The van der Waals surface area contributed by atoms with Crippen LogP contribution in [0.3, 0.4) is 0 Å². The van der Waals surface area contributed by atoms with E-state index < -0.39 is 0 Å². The Kier molecular flexibility index (Phi) is 6.04. The van der Waals surface area contributed by atoms with Gasteiger partial charge >= 0.3 is 0 Å². The molecule has 0 atom stereocenters. The van der Waals surface area contributed by atoms with Crippen molar-refractivity contribution in [3.63, 3.8) is 0 Å². The van der Waals surface area contributed by atoms with E-state index in [0.717, 1.165) is 24.6 Å². The average Bonchev–Trinajstić information content (AvgIpc) is 2.34. The molecule has 0 amide bonds. The molecule has 0 saturated heterocycles. The van der Waals surface area contributed by atoms with Crippen molar-refractivity contribution in [1.29, 1.82) is 0 Å². The molecule has 0 fully saturated rings. The Hall–Kier alpha value is -0.930. The summed E-state index contributed by atoms with van der Waals surface area (Å²) < 4.78 is 5.29. The third-order valence-corrected chi connectivity index (χ3v) is 3.33. The molecule has 0 saturated carbocycles. The Morgan fingerprint density at radius 2 is 2.19 bits per heavy atom. The van der Waals surface area contributed by atoms with Crippen LogP contribution in [0, 0.1) is 0 Å². The van der Waals surface area contributed by atoms with Gasteiger partial charge in [0.05, 0.1) is 7.11 Å². The van der Waals surface area contributed by atoms with E-state index in [1.54, 1.807) is 18.9 Å². The Balaban J connectivity index is 2.44. The first kappa shape index (κ1) is 13.1. The van der Waals surface area contributed by atoms with Crippen molar-refractivity contribution >= 4 is 11.8 Å².